The molecule has 2 radical (unpaired) electrons. The van der Waals surface area contributed by atoms with Gasteiger partial charge in [-0.25, -0.2) is 0 Å². The van der Waals surface area contributed by atoms with Gasteiger partial charge in [-0.1, -0.05) is 0 Å². The van der Waals surface area contributed by atoms with E-state index in [0.29, 0.717) is 16.9 Å². The van der Waals surface area contributed by atoms with Gasteiger partial charge in [0.2, 0.25) is 0 Å². The topological polar surface area (TPSA) is 46.6 Å². The second kappa shape index (κ2) is 3.12. The zero-order chi connectivity index (χ0) is 10.3. The Hall–Kier alpha value is -1.31. The lowest BCUT2D eigenvalue weighted by molar-refractivity contribution is 0.0693. The number of nitrogens with zero attached hydrogens (tertiary/aromatic N) is 1. The van der Waals surface area contributed by atoms with Crippen LogP contribution >= 0.6 is 0 Å². The van der Waals surface area contributed by atoms with Crippen molar-refractivity contribution >= 4 is 28.4 Å². The first kappa shape index (κ1) is 9.26. The van der Waals surface area contributed by atoms with Crippen LogP contribution in [-0.2, 0) is 0 Å². The molecule has 4 nitrogen and oxygen atoms in total. The molecular weight excluding hydrogens is 197 g/mol. The van der Waals surface area contributed by atoms with Gasteiger partial charge >= 0.3 is 16.6 Å². The van der Waals surface area contributed by atoms with Crippen molar-refractivity contribution in [2.45, 2.75) is 0 Å². The van der Waals surface area contributed by atoms with E-state index in [0.717, 1.165) is 4.90 Å². The third-order valence-corrected chi connectivity index (χ3v) is 2.47. The van der Waals surface area contributed by atoms with Gasteiger partial charge in [0.05, 0.1) is 16.9 Å². The zero-order valence-corrected chi connectivity index (χ0v) is 8.64. The van der Waals surface area contributed by atoms with Crippen molar-refractivity contribution in [2.75, 3.05) is 7.05 Å². The summed E-state index contributed by atoms with van der Waals surface area (Å²) in [6, 6.07) is 4.81. The minimum atomic E-state index is -0.283. The number of benzene rings is 1. The molecule has 0 unspecified atom stereocenters. The number of carbonyl (C=O) groups excluding carboxylic acids is 2. The quantitative estimate of drug-likeness (QED) is 0.489. The van der Waals surface area contributed by atoms with Crippen molar-refractivity contribution in [3.8, 4) is 5.75 Å². The molecule has 0 bridgehead atoms. The molecule has 1 aromatic rings. The number of hydrogen-bond acceptors (Lipinski definition) is 3. The van der Waals surface area contributed by atoms with Crippen LogP contribution < -0.4 is 3.79 Å². The Kier molecular flexibility index (Phi) is 2.06. The molecule has 0 atom stereocenters. The van der Waals surface area contributed by atoms with Crippen LogP contribution in [0.3, 0.4) is 0 Å². The summed E-state index contributed by atoms with van der Waals surface area (Å²) >= 11 is 2.09. The number of amides is 2. The average Bonchev–Trinajstić information content (AvgIpc) is 2.44. The van der Waals surface area contributed by atoms with E-state index in [1.807, 2.05) is 0 Å². The monoisotopic (exact) mass is 203 g/mol. The summed E-state index contributed by atoms with van der Waals surface area (Å²) in [5, 5.41) is 0. The first-order chi connectivity index (χ1) is 6.65. The van der Waals surface area contributed by atoms with E-state index in [2.05, 4.69) is 16.6 Å². The van der Waals surface area contributed by atoms with Gasteiger partial charge in [-0.15, -0.1) is 0 Å². The van der Waals surface area contributed by atoms with Gasteiger partial charge in [-0.05, 0) is 18.2 Å². The van der Waals surface area contributed by atoms with E-state index < -0.39 is 0 Å². The van der Waals surface area contributed by atoms with Crippen molar-refractivity contribution in [2.24, 2.45) is 0 Å². The number of fused-ring (bicyclic) bond motifs is 1. The smallest absolute Gasteiger partial charge is 0.482 e. The molecule has 14 heavy (non-hydrogen) atoms. The third kappa shape index (κ3) is 1.14. The fourth-order valence-corrected chi connectivity index (χ4v) is 1.56. The third-order valence-electron chi connectivity index (χ3n) is 2.20. The molecule has 0 saturated carbocycles. The minimum Gasteiger partial charge on any atom is -0.654 e. The zero-order valence-electron chi connectivity index (χ0n) is 7.48. The highest BCUT2D eigenvalue weighted by atomic mass is 27.1. The van der Waals surface area contributed by atoms with Crippen molar-refractivity contribution in [1.82, 2.24) is 4.90 Å². The van der Waals surface area contributed by atoms with Gasteiger partial charge in [0, 0.05) is 7.05 Å². The Bertz CT molecular complexity index is 430. The number of imide groups is 1. The van der Waals surface area contributed by atoms with E-state index in [1.165, 1.54) is 7.05 Å². The van der Waals surface area contributed by atoms with Gasteiger partial charge in [-0.3, -0.25) is 14.5 Å². The predicted molar refractivity (Wildman–Crippen MR) is 49.2 cm³/mol. The maximum absolute atomic E-state index is 11.5. The summed E-state index contributed by atoms with van der Waals surface area (Å²) in [7, 11) is 1.46. The summed E-state index contributed by atoms with van der Waals surface area (Å²) in [5.41, 5.74) is 0.834. The van der Waals surface area contributed by atoms with Crippen molar-refractivity contribution in [3.63, 3.8) is 0 Å². The van der Waals surface area contributed by atoms with Crippen LogP contribution in [0, 0.1) is 0 Å². The lowest BCUT2D eigenvalue weighted by Crippen LogP contribution is -2.24. The SMILES string of the molecule is CN1C(=O)c2ccc([O][Al])cc2C1=O. The molecule has 2 amide bonds. The molecule has 0 N–H and O–H groups in total. The Labute approximate surface area is 89.2 Å². The molecule has 1 aliphatic rings. The van der Waals surface area contributed by atoms with Crippen molar-refractivity contribution in [3.05, 3.63) is 29.3 Å². The predicted octanol–water partition coefficient (Wildman–Crippen LogP) is 0.375. The normalized spacial score (nSPS) is 14.5. The maximum atomic E-state index is 11.5. The Balaban J connectivity index is 2.59. The summed E-state index contributed by atoms with van der Waals surface area (Å²) in [6.45, 7) is 0. The average molecular weight is 203 g/mol. The lowest BCUT2D eigenvalue weighted by Gasteiger charge is -2.03. The van der Waals surface area contributed by atoms with Crippen LogP contribution in [0.4, 0.5) is 0 Å². The van der Waals surface area contributed by atoms with Crippen LogP contribution in [-0.4, -0.2) is 40.4 Å². The number of hydrogen-bond donors (Lipinski definition) is 0. The van der Waals surface area contributed by atoms with E-state index in [9.17, 15) is 9.59 Å². The van der Waals surface area contributed by atoms with Gasteiger partial charge in [0.15, 0.2) is 0 Å². The number of rotatable bonds is 1. The second-order valence-electron chi connectivity index (χ2n) is 2.99. The summed E-state index contributed by atoms with van der Waals surface area (Å²) in [5.74, 6) is -0.000550. The standard InChI is InChI=1S/C9H7NO3.Al/c1-10-8(12)6-3-2-5(11)4-7(6)9(10)13;/h2-4,11H,1H3;/q;+1/p-1. The molecular formula is C9H6AlNO3. The highest BCUT2D eigenvalue weighted by molar-refractivity contribution is 6.21. The van der Waals surface area contributed by atoms with E-state index in [1.54, 1.807) is 18.2 Å². The number of carbonyl (C=O) groups is 2. The van der Waals surface area contributed by atoms with Crippen LogP contribution in [0.5, 0.6) is 5.75 Å². The molecule has 0 aromatic heterocycles. The highest BCUT2D eigenvalue weighted by Gasteiger charge is 2.32. The first-order valence-corrected chi connectivity index (χ1v) is 4.45. The maximum Gasteiger partial charge on any atom is 0.482 e. The second-order valence-corrected chi connectivity index (χ2v) is 3.23. The van der Waals surface area contributed by atoms with E-state index >= 15 is 0 Å². The minimum absolute atomic E-state index is 0.264. The van der Waals surface area contributed by atoms with Crippen LogP contribution in [0.15, 0.2) is 18.2 Å². The molecule has 1 heterocycles. The van der Waals surface area contributed by atoms with Gasteiger partial charge in [-0.2, -0.15) is 0 Å². The van der Waals surface area contributed by atoms with Crippen molar-refractivity contribution < 1.29 is 13.4 Å². The molecule has 0 spiro atoms. The Morgan fingerprint density at radius 3 is 2.50 bits per heavy atom. The Morgan fingerprint density at radius 2 is 1.86 bits per heavy atom. The lowest BCUT2D eigenvalue weighted by atomic mass is 10.1. The molecule has 2 rings (SSSR count). The summed E-state index contributed by atoms with van der Waals surface area (Å²) < 4.78 is 4.89. The van der Waals surface area contributed by atoms with E-state index in [4.69, 9.17) is 3.79 Å². The molecule has 1 aliphatic heterocycles. The fourth-order valence-electron chi connectivity index (χ4n) is 1.41. The summed E-state index contributed by atoms with van der Waals surface area (Å²) in [6.07, 6.45) is 0. The van der Waals surface area contributed by atoms with Gasteiger partial charge < -0.3 is 3.79 Å². The Morgan fingerprint density at radius 1 is 1.21 bits per heavy atom. The van der Waals surface area contributed by atoms with Gasteiger partial charge in [0.1, 0.15) is 0 Å². The van der Waals surface area contributed by atoms with Crippen LogP contribution in [0.1, 0.15) is 20.7 Å². The molecule has 5 heteroatoms. The van der Waals surface area contributed by atoms with Crippen LogP contribution in [0.2, 0.25) is 0 Å². The van der Waals surface area contributed by atoms with Crippen molar-refractivity contribution in [1.29, 1.82) is 0 Å². The molecule has 0 fully saturated rings. The largest absolute Gasteiger partial charge is 0.654 e. The van der Waals surface area contributed by atoms with Gasteiger partial charge in [0.25, 0.3) is 11.8 Å². The summed E-state index contributed by atoms with van der Waals surface area (Å²) in [4.78, 5) is 24.1. The highest BCUT2D eigenvalue weighted by Crippen LogP contribution is 2.25. The molecule has 68 valence electrons. The fraction of sp³-hybridized carbons (Fsp3) is 0.111. The van der Waals surface area contributed by atoms with Crippen LogP contribution in [0.25, 0.3) is 0 Å². The molecule has 0 aliphatic carbocycles. The first-order valence-electron chi connectivity index (χ1n) is 3.98. The molecule has 1 aromatic carbocycles. The van der Waals surface area contributed by atoms with E-state index in [-0.39, 0.29) is 11.8 Å². The molecule has 0 saturated heterocycles.